The van der Waals surface area contributed by atoms with Crippen molar-refractivity contribution in [3.63, 3.8) is 0 Å². The van der Waals surface area contributed by atoms with Crippen molar-refractivity contribution in [3.05, 3.63) is 40.3 Å². The van der Waals surface area contributed by atoms with Crippen LogP contribution in [0, 0.1) is 0 Å². The molecule has 0 aliphatic heterocycles. The average Bonchev–Trinajstić information content (AvgIpc) is 2.73. The van der Waals surface area contributed by atoms with E-state index in [0.717, 1.165) is 5.82 Å². The van der Waals surface area contributed by atoms with Crippen LogP contribution in [0.25, 0.3) is 11.3 Å². The topological polar surface area (TPSA) is 52.0 Å². The van der Waals surface area contributed by atoms with E-state index in [1.807, 2.05) is 6.92 Å². The second-order valence-corrected chi connectivity index (χ2v) is 4.92. The standard InChI is InChI=1S/C14H11ClN2O2/c1-3-10-16-11-8-5-4-7(15)6-9(8)13(18)14(19)12(11)17(10)2/h4-6H,3H2,1-2H3. The number of aryl methyl sites for hydroxylation is 1. The van der Waals surface area contributed by atoms with E-state index in [4.69, 9.17) is 11.6 Å². The number of hydrogen-bond acceptors (Lipinski definition) is 3. The molecular weight excluding hydrogens is 264 g/mol. The highest BCUT2D eigenvalue weighted by molar-refractivity contribution is 6.52. The molecule has 0 N–H and O–H groups in total. The molecule has 0 radical (unpaired) electrons. The lowest BCUT2D eigenvalue weighted by atomic mass is 9.90. The van der Waals surface area contributed by atoms with Crippen LogP contribution in [0.1, 0.15) is 33.6 Å². The molecule has 0 spiro atoms. The first-order chi connectivity index (χ1) is 9.04. The van der Waals surface area contributed by atoms with E-state index < -0.39 is 11.6 Å². The fourth-order valence-corrected chi connectivity index (χ4v) is 2.62. The first-order valence-corrected chi connectivity index (χ1v) is 6.37. The number of fused-ring (bicyclic) bond motifs is 3. The molecule has 0 unspecified atom stereocenters. The number of rotatable bonds is 1. The van der Waals surface area contributed by atoms with Crippen molar-refractivity contribution in [1.82, 2.24) is 9.55 Å². The number of aromatic nitrogens is 2. The number of halogens is 1. The maximum atomic E-state index is 12.2. The molecule has 0 atom stereocenters. The van der Waals surface area contributed by atoms with Gasteiger partial charge in [-0.1, -0.05) is 24.6 Å². The SMILES string of the molecule is CCc1nc2c(n1C)C(=O)C(=O)c1cc(Cl)ccc1-2. The van der Waals surface area contributed by atoms with Gasteiger partial charge in [-0.2, -0.15) is 0 Å². The molecule has 0 saturated carbocycles. The van der Waals surface area contributed by atoms with Crippen LogP contribution < -0.4 is 0 Å². The smallest absolute Gasteiger partial charge is 0.252 e. The monoisotopic (exact) mass is 274 g/mol. The number of benzene rings is 1. The summed E-state index contributed by atoms with van der Waals surface area (Å²) in [5.41, 5.74) is 1.97. The molecule has 3 rings (SSSR count). The van der Waals surface area contributed by atoms with Gasteiger partial charge in [-0.15, -0.1) is 0 Å². The van der Waals surface area contributed by atoms with E-state index >= 15 is 0 Å². The van der Waals surface area contributed by atoms with E-state index in [9.17, 15) is 9.59 Å². The zero-order valence-electron chi connectivity index (χ0n) is 10.5. The number of ketones is 2. The largest absolute Gasteiger partial charge is 0.328 e. The minimum absolute atomic E-state index is 0.339. The van der Waals surface area contributed by atoms with Crippen molar-refractivity contribution in [3.8, 4) is 11.3 Å². The van der Waals surface area contributed by atoms with Crippen LogP contribution in [-0.4, -0.2) is 21.1 Å². The maximum absolute atomic E-state index is 12.2. The van der Waals surface area contributed by atoms with Crippen LogP contribution in [0.3, 0.4) is 0 Å². The van der Waals surface area contributed by atoms with Crippen molar-refractivity contribution < 1.29 is 9.59 Å². The van der Waals surface area contributed by atoms with Crippen molar-refractivity contribution in [2.24, 2.45) is 7.05 Å². The molecular formula is C14H11ClN2O2. The summed E-state index contributed by atoms with van der Waals surface area (Å²) in [6.45, 7) is 1.96. The van der Waals surface area contributed by atoms with Gasteiger partial charge in [0.1, 0.15) is 17.2 Å². The summed E-state index contributed by atoms with van der Waals surface area (Å²) >= 11 is 5.89. The highest BCUT2D eigenvalue weighted by atomic mass is 35.5. The van der Waals surface area contributed by atoms with Crippen molar-refractivity contribution >= 4 is 23.2 Å². The molecule has 0 saturated heterocycles. The quantitative estimate of drug-likeness (QED) is 0.751. The van der Waals surface area contributed by atoms with E-state index in [-0.39, 0.29) is 0 Å². The normalized spacial score (nSPS) is 13.4. The molecule has 2 aromatic rings. The van der Waals surface area contributed by atoms with Gasteiger partial charge in [-0.05, 0) is 12.1 Å². The molecule has 1 aliphatic carbocycles. The van der Waals surface area contributed by atoms with Gasteiger partial charge >= 0.3 is 0 Å². The minimum Gasteiger partial charge on any atom is -0.328 e. The molecule has 96 valence electrons. The fourth-order valence-electron chi connectivity index (χ4n) is 2.45. The Kier molecular flexibility index (Phi) is 2.57. The molecule has 1 aliphatic rings. The van der Waals surface area contributed by atoms with Gasteiger partial charge in [0.05, 0.1) is 0 Å². The third-order valence-electron chi connectivity index (χ3n) is 3.41. The number of hydrogen-bond donors (Lipinski definition) is 0. The predicted molar refractivity (Wildman–Crippen MR) is 71.7 cm³/mol. The Morgan fingerprint density at radius 2 is 1.95 bits per heavy atom. The Balaban J connectivity index is 2.38. The highest BCUT2D eigenvalue weighted by Crippen LogP contribution is 2.34. The van der Waals surface area contributed by atoms with Crippen LogP contribution in [0.4, 0.5) is 0 Å². The van der Waals surface area contributed by atoms with Crippen LogP contribution in [0.15, 0.2) is 18.2 Å². The van der Waals surface area contributed by atoms with Gasteiger partial charge in [0.25, 0.3) is 5.78 Å². The lowest BCUT2D eigenvalue weighted by molar-refractivity contribution is 0.0810. The van der Waals surface area contributed by atoms with Gasteiger partial charge in [-0.25, -0.2) is 4.98 Å². The first-order valence-electron chi connectivity index (χ1n) is 5.99. The average molecular weight is 275 g/mol. The van der Waals surface area contributed by atoms with Gasteiger partial charge in [0.2, 0.25) is 5.78 Å². The van der Waals surface area contributed by atoms with E-state index in [0.29, 0.717) is 34.0 Å². The maximum Gasteiger partial charge on any atom is 0.252 e. The van der Waals surface area contributed by atoms with Crippen LogP contribution in [0.2, 0.25) is 5.02 Å². The lowest BCUT2D eigenvalue weighted by Gasteiger charge is -2.14. The van der Waals surface area contributed by atoms with Crippen molar-refractivity contribution in [2.75, 3.05) is 0 Å². The minimum atomic E-state index is -0.518. The molecule has 4 nitrogen and oxygen atoms in total. The number of Topliss-reactive ketones (excluding diaryl/α,β-unsaturated/α-hetero) is 2. The number of nitrogens with zero attached hydrogens (tertiary/aromatic N) is 2. The van der Waals surface area contributed by atoms with E-state index in [1.165, 1.54) is 6.07 Å². The predicted octanol–water partition coefficient (Wildman–Crippen LogP) is 2.68. The summed E-state index contributed by atoms with van der Waals surface area (Å²) in [5, 5.41) is 0.440. The Labute approximate surface area is 115 Å². The molecule has 0 bridgehead atoms. The van der Waals surface area contributed by atoms with Gasteiger partial charge in [0, 0.05) is 29.6 Å². The molecule has 0 fully saturated rings. The third-order valence-corrected chi connectivity index (χ3v) is 3.64. The van der Waals surface area contributed by atoms with Gasteiger partial charge in [0.15, 0.2) is 0 Å². The zero-order valence-corrected chi connectivity index (χ0v) is 11.3. The van der Waals surface area contributed by atoms with Crippen molar-refractivity contribution in [2.45, 2.75) is 13.3 Å². The summed E-state index contributed by atoms with van der Waals surface area (Å²) in [7, 11) is 1.76. The summed E-state index contributed by atoms with van der Waals surface area (Å²) in [6, 6.07) is 4.97. The van der Waals surface area contributed by atoms with E-state index in [1.54, 1.807) is 23.7 Å². The molecule has 1 heterocycles. The number of carbonyl (C=O) groups excluding carboxylic acids is 2. The Morgan fingerprint density at radius 1 is 1.21 bits per heavy atom. The summed E-state index contributed by atoms with van der Waals surface area (Å²) in [6.07, 6.45) is 0.702. The summed E-state index contributed by atoms with van der Waals surface area (Å²) in [5.74, 6) is -0.246. The van der Waals surface area contributed by atoms with Crippen LogP contribution in [-0.2, 0) is 13.5 Å². The Bertz CT molecular complexity index is 731. The summed E-state index contributed by atoms with van der Waals surface area (Å²) < 4.78 is 1.70. The first kappa shape index (κ1) is 12.1. The summed E-state index contributed by atoms with van der Waals surface area (Å²) in [4.78, 5) is 28.8. The van der Waals surface area contributed by atoms with Crippen LogP contribution in [0.5, 0.6) is 0 Å². The second-order valence-electron chi connectivity index (χ2n) is 4.49. The molecule has 19 heavy (non-hydrogen) atoms. The highest BCUT2D eigenvalue weighted by Gasteiger charge is 2.35. The molecule has 0 amide bonds. The fraction of sp³-hybridized carbons (Fsp3) is 0.214. The lowest BCUT2D eigenvalue weighted by Crippen LogP contribution is -2.23. The van der Waals surface area contributed by atoms with Crippen molar-refractivity contribution in [1.29, 1.82) is 0 Å². The third kappa shape index (κ3) is 1.56. The second kappa shape index (κ2) is 4.03. The molecule has 1 aromatic carbocycles. The Hall–Kier alpha value is -1.94. The van der Waals surface area contributed by atoms with Gasteiger partial charge < -0.3 is 4.57 Å². The van der Waals surface area contributed by atoms with Crippen LogP contribution >= 0.6 is 11.6 Å². The number of carbonyl (C=O) groups is 2. The van der Waals surface area contributed by atoms with E-state index in [2.05, 4.69) is 4.98 Å². The van der Waals surface area contributed by atoms with Gasteiger partial charge in [-0.3, -0.25) is 9.59 Å². The Morgan fingerprint density at radius 3 is 2.63 bits per heavy atom. The molecule has 1 aromatic heterocycles. The molecule has 5 heteroatoms. The zero-order chi connectivity index (χ0) is 13.7. The number of imidazole rings is 1.